The highest BCUT2D eigenvalue weighted by molar-refractivity contribution is 5.99. The first-order valence-corrected chi connectivity index (χ1v) is 4.96. The highest BCUT2D eigenvalue weighted by atomic mass is 16.3. The molecule has 0 saturated carbocycles. The average Bonchev–Trinajstić information content (AvgIpc) is 2.20. The van der Waals surface area contributed by atoms with Gasteiger partial charge in [0, 0.05) is 5.56 Å². The van der Waals surface area contributed by atoms with Gasteiger partial charge < -0.3 is 10.4 Å². The summed E-state index contributed by atoms with van der Waals surface area (Å²) in [6.45, 7) is 5.81. The van der Waals surface area contributed by atoms with E-state index in [0.717, 1.165) is 16.7 Å². The van der Waals surface area contributed by atoms with E-state index in [-0.39, 0.29) is 11.5 Å². The molecule has 82 valence electrons. The molecule has 0 fully saturated rings. The molecule has 0 saturated heterocycles. The summed E-state index contributed by atoms with van der Waals surface area (Å²) in [5.74, 6) is 0.342. The van der Waals surface area contributed by atoms with Crippen LogP contribution >= 0.6 is 0 Å². The van der Waals surface area contributed by atoms with Gasteiger partial charge in [0.1, 0.15) is 5.75 Å². The lowest BCUT2D eigenvalue weighted by Gasteiger charge is -2.11. The second kappa shape index (κ2) is 4.45. The molecule has 0 radical (unpaired) electrons. The molecule has 0 aromatic heterocycles. The van der Waals surface area contributed by atoms with Gasteiger partial charge in [0.05, 0.1) is 6.54 Å². The van der Waals surface area contributed by atoms with Gasteiger partial charge in [-0.25, -0.2) is 0 Å². The number of nitrogens with one attached hydrogen (secondary N) is 1. The quantitative estimate of drug-likeness (QED) is 0.742. The smallest absolute Gasteiger partial charge is 0.176 e. The molecule has 0 amide bonds. The molecule has 1 aromatic rings. The maximum atomic E-state index is 11.7. The Morgan fingerprint density at radius 3 is 2.47 bits per heavy atom. The normalized spacial score (nSPS) is 10.4. The number of aryl methyl sites for hydroxylation is 1. The van der Waals surface area contributed by atoms with E-state index in [9.17, 15) is 9.90 Å². The average molecular weight is 207 g/mol. The molecule has 3 heteroatoms. The fourth-order valence-corrected chi connectivity index (χ4v) is 1.61. The standard InChI is InChI=1S/C12H17NO2/c1-7-5-10(11(14)6-13-4)8(2)9(3)12(7)15/h5,13,15H,6H2,1-4H3. The first-order valence-electron chi connectivity index (χ1n) is 4.96. The largest absolute Gasteiger partial charge is 0.507 e. The number of phenols is 1. The minimum Gasteiger partial charge on any atom is -0.507 e. The van der Waals surface area contributed by atoms with E-state index < -0.39 is 0 Å². The van der Waals surface area contributed by atoms with Crippen LogP contribution in [0.5, 0.6) is 5.75 Å². The number of carbonyl (C=O) groups excluding carboxylic acids is 1. The van der Waals surface area contributed by atoms with Crippen molar-refractivity contribution in [1.29, 1.82) is 0 Å². The van der Waals surface area contributed by atoms with Gasteiger partial charge in [-0.3, -0.25) is 4.79 Å². The predicted octanol–water partition coefficient (Wildman–Crippen LogP) is 1.72. The zero-order valence-corrected chi connectivity index (χ0v) is 9.64. The Kier molecular flexibility index (Phi) is 3.48. The molecule has 2 N–H and O–H groups in total. The van der Waals surface area contributed by atoms with Crippen molar-refractivity contribution >= 4 is 5.78 Å². The first-order chi connectivity index (χ1) is 6.99. The SMILES string of the molecule is CNCC(=O)c1cc(C)c(O)c(C)c1C. The van der Waals surface area contributed by atoms with Gasteiger partial charge in [0.2, 0.25) is 0 Å². The Bertz CT molecular complexity index is 397. The molecular formula is C12H17NO2. The summed E-state index contributed by atoms with van der Waals surface area (Å²) in [6.07, 6.45) is 0. The summed E-state index contributed by atoms with van der Waals surface area (Å²) in [5.41, 5.74) is 3.09. The van der Waals surface area contributed by atoms with Gasteiger partial charge >= 0.3 is 0 Å². The van der Waals surface area contributed by atoms with Gasteiger partial charge in [-0.1, -0.05) is 0 Å². The number of carbonyl (C=O) groups is 1. The lowest BCUT2D eigenvalue weighted by atomic mass is 9.96. The van der Waals surface area contributed by atoms with Crippen molar-refractivity contribution < 1.29 is 9.90 Å². The van der Waals surface area contributed by atoms with Crippen LogP contribution < -0.4 is 5.32 Å². The topological polar surface area (TPSA) is 49.3 Å². The van der Waals surface area contributed by atoms with Crippen LogP contribution in [0.25, 0.3) is 0 Å². The van der Waals surface area contributed by atoms with E-state index in [0.29, 0.717) is 12.1 Å². The monoisotopic (exact) mass is 207 g/mol. The van der Waals surface area contributed by atoms with Crippen LogP contribution in [0.4, 0.5) is 0 Å². The van der Waals surface area contributed by atoms with Crippen LogP contribution in [0.15, 0.2) is 6.07 Å². The fraction of sp³-hybridized carbons (Fsp3) is 0.417. The van der Waals surface area contributed by atoms with Crippen molar-refractivity contribution in [2.24, 2.45) is 0 Å². The maximum absolute atomic E-state index is 11.7. The fourth-order valence-electron chi connectivity index (χ4n) is 1.61. The zero-order valence-electron chi connectivity index (χ0n) is 9.64. The van der Waals surface area contributed by atoms with Crippen LogP contribution in [0.2, 0.25) is 0 Å². The molecule has 3 nitrogen and oxygen atoms in total. The number of benzene rings is 1. The maximum Gasteiger partial charge on any atom is 0.176 e. The predicted molar refractivity (Wildman–Crippen MR) is 60.6 cm³/mol. The number of hydrogen-bond donors (Lipinski definition) is 2. The van der Waals surface area contributed by atoms with E-state index in [1.807, 2.05) is 13.8 Å². The third-order valence-corrected chi connectivity index (χ3v) is 2.69. The molecule has 0 aliphatic carbocycles. The van der Waals surface area contributed by atoms with E-state index in [1.165, 1.54) is 0 Å². The molecule has 1 aromatic carbocycles. The Morgan fingerprint density at radius 1 is 1.33 bits per heavy atom. The highest BCUT2D eigenvalue weighted by Gasteiger charge is 2.14. The summed E-state index contributed by atoms with van der Waals surface area (Å²) < 4.78 is 0. The van der Waals surface area contributed by atoms with Crippen LogP contribution in [-0.2, 0) is 0 Å². The molecule has 0 atom stereocenters. The van der Waals surface area contributed by atoms with Crippen molar-refractivity contribution in [2.75, 3.05) is 13.6 Å². The second-order valence-electron chi connectivity index (χ2n) is 3.79. The van der Waals surface area contributed by atoms with Crippen molar-refractivity contribution in [1.82, 2.24) is 5.32 Å². The molecule has 1 rings (SSSR count). The summed E-state index contributed by atoms with van der Waals surface area (Å²) in [5, 5.41) is 12.5. The van der Waals surface area contributed by atoms with E-state index >= 15 is 0 Å². The number of ketones is 1. The third kappa shape index (κ3) is 2.18. The van der Waals surface area contributed by atoms with Crippen molar-refractivity contribution in [3.8, 4) is 5.75 Å². The lowest BCUT2D eigenvalue weighted by molar-refractivity contribution is 0.0993. The number of likely N-dealkylation sites (N-methyl/N-ethyl adjacent to an activating group) is 1. The Balaban J connectivity index is 3.26. The van der Waals surface area contributed by atoms with Gasteiger partial charge in [0.15, 0.2) is 5.78 Å². The molecule has 0 aliphatic rings. The molecule has 0 unspecified atom stereocenters. The van der Waals surface area contributed by atoms with Gasteiger partial charge in [-0.2, -0.15) is 0 Å². The van der Waals surface area contributed by atoms with Crippen LogP contribution in [0.3, 0.4) is 0 Å². The van der Waals surface area contributed by atoms with Crippen LogP contribution in [-0.4, -0.2) is 24.5 Å². The molecular weight excluding hydrogens is 190 g/mol. The van der Waals surface area contributed by atoms with Crippen LogP contribution in [0, 0.1) is 20.8 Å². The molecule has 0 spiro atoms. The summed E-state index contributed by atoms with van der Waals surface area (Å²) in [7, 11) is 1.74. The van der Waals surface area contributed by atoms with Crippen molar-refractivity contribution in [3.63, 3.8) is 0 Å². The summed E-state index contributed by atoms with van der Waals surface area (Å²) in [4.78, 5) is 11.7. The third-order valence-electron chi connectivity index (χ3n) is 2.69. The minimum absolute atomic E-state index is 0.0567. The number of Topliss-reactive ketones (excluding diaryl/α,β-unsaturated/α-hetero) is 1. The highest BCUT2D eigenvalue weighted by Crippen LogP contribution is 2.27. The summed E-state index contributed by atoms with van der Waals surface area (Å²) in [6, 6.07) is 1.75. The summed E-state index contributed by atoms with van der Waals surface area (Å²) >= 11 is 0. The Labute approximate surface area is 90.1 Å². The lowest BCUT2D eigenvalue weighted by Crippen LogP contribution is -2.19. The van der Waals surface area contributed by atoms with Crippen molar-refractivity contribution in [3.05, 3.63) is 28.3 Å². The second-order valence-corrected chi connectivity index (χ2v) is 3.79. The van der Waals surface area contributed by atoms with Gasteiger partial charge in [-0.15, -0.1) is 0 Å². The minimum atomic E-state index is 0.0567. The number of hydrogen-bond acceptors (Lipinski definition) is 3. The molecule has 0 bridgehead atoms. The Hall–Kier alpha value is -1.35. The number of aromatic hydroxyl groups is 1. The van der Waals surface area contributed by atoms with Crippen LogP contribution in [0.1, 0.15) is 27.0 Å². The van der Waals surface area contributed by atoms with E-state index in [1.54, 1.807) is 20.0 Å². The van der Waals surface area contributed by atoms with E-state index in [2.05, 4.69) is 5.32 Å². The first kappa shape index (κ1) is 11.7. The number of rotatable bonds is 3. The van der Waals surface area contributed by atoms with E-state index in [4.69, 9.17) is 0 Å². The van der Waals surface area contributed by atoms with Gasteiger partial charge in [0.25, 0.3) is 0 Å². The molecule has 0 aliphatic heterocycles. The molecule has 15 heavy (non-hydrogen) atoms. The zero-order chi connectivity index (χ0) is 11.6. The number of phenolic OH excluding ortho intramolecular Hbond substituents is 1. The molecule has 0 heterocycles. The van der Waals surface area contributed by atoms with Gasteiger partial charge in [-0.05, 0) is 50.6 Å². The Morgan fingerprint density at radius 2 is 1.93 bits per heavy atom. The van der Waals surface area contributed by atoms with Crippen molar-refractivity contribution in [2.45, 2.75) is 20.8 Å².